The highest BCUT2D eigenvalue weighted by Gasteiger charge is 2.05. The van der Waals surface area contributed by atoms with E-state index in [1.807, 2.05) is 0 Å². The summed E-state index contributed by atoms with van der Waals surface area (Å²) < 4.78 is 0. The first-order chi connectivity index (χ1) is 8.65. The van der Waals surface area contributed by atoms with Crippen LogP contribution in [0, 0.1) is 10.1 Å². The van der Waals surface area contributed by atoms with E-state index in [1.54, 1.807) is 24.3 Å². The van der Waals surface area contributed by atoms with Gasteiger partial charge in [-0.15, -0.1) is 10.2 Å². The summed E-state index contributed by atoms with van der Waals surface area (Å²) >= 11 is 5.61. The number of nitro groups is 1. The minimum Gasteiger partial charge on any atom is -0.365 e. The van der Waals surface area contributed by atoms with Crippen molar-refractivity contribution in [1.29, 1.82) is 0 Å². The molecule has 6 nitrogen and oxygen atoms in total. The molecule has 1 heterocycles. The number of hydrogen-bond acceptors (Lipinski definition) is 5. The minimum absolute atomic E-state index is 0.0662. The second-order valence-electron chi connectivity index (χ2n) is 3.52. The highest BCUT2D eigenvalue weighted by atomic mass is 35.5. The minimum atomic E-state index is -0.425. The fraction of sp³-hybridized carbons (Fsp3) is 0.0909. The van der Waals surface area contributed by atoms with Crippen LogP contribution in [-0.4, -0.2) is 15.1 Å². The molecule has 0 aliphatic carbocycles. The third-order valence-electron chi connectivity index (χ3n) is 2.23. The number of anilines is 1. The summed E-state index contributed by atoms with van der Waals surface area (Å²) in [6.07, 6.45) is 0. The molecule has 0 saturated heterocycles. The third kappa shape index (κ3) is 3.14. The first kappa shape index (κ1) is 12.3. The van der Waals surface area contributed by atoms with E-state index in [-0.39, 0.29) is 5.69 Å². The van der Waals surface area contributed by atoms with E-state index in [9.17, 15) is 10.1 Å². The highest BCUT2D eigenvalue weighted by Crippen LogP contribution is 2.14. The summed E-state index contributed by atoms with van der Waals surface area (Å²) in [5.74, 6) is 0.561. The summed E-state index contributed by atoms with van der Waals surface area (Å²) in [4.78, 5) is 10.2. The van der Waals surface area contributed by atoms with E-state index in [1.165, 1.54) is 12.1 Å². The van der Waals surface area contributed by atoms with Crippen molar-refractivity contribution in [1.82, 2.24) is 10.2 Å². The van der Waals surface area contributed by atoms with Crippen LogP contribution in [0.3, 0.4) is 0 Å². The van der Waals surface area contributed by atoms with Crippen LogP contribution in [0.15, 0.2) is 36.4 Å². The first-order valence-electron chi connectivity index (χ1n) is 5.11. The third-order valence-corrected chi connectivity index (χ3v) is 2.43. The van der Waals surface area contributed by atoms with Crippen molar-refractivity contribution < 1.29 is 4.92 Å². The van der Waals surface area contributed by atoms with E-state index in [0.717, 1.165) is 5.56 Å². The summed E-state index contributed by atoms with van der Waals surface area (Å²) in [6.45, 7) is 0.429. The number of halogens is 1. The van der Waals surface area contributed by atoms with Gasteiger partial charge in [-0.05, 0) is 17.7 Å². The number of nitro benzene ring substituents is 1. The number of benzene rings is 1. The van der Waals surface area contributed by atoms with Crippen LogP contribution in [0.5, 0.6) is 0 Å². The lowest BCUT2D eigenvalue weighted by molar-refractivity contribution is -0.384. The number of nitrogens with one attached hydrogen (secondary N) is 1. The van der Waals surface area contributed by atoms with E-state index < -0.39 is 4.92 Å². The Morgan fingerprint density at radius 3 is 2.78 bits per heavy atom. The standard InChI is InChI=1S/C11H9ClN4O2/c12-10-4-5-11(15-14-10)13-7-8-2-1-3-9(6-8)16(17)18/h1-6H,7H2,(H,13,15). The van der Waals surface area contributed by atoms with Crippen LogP contribution in [0.2, 0.25) is 5.15 Å². The largest absolute Gasteiger partial charge is 0.365 e. The number of non-ortho nitro benzene ring substituents is 1. The Morgan fingerprint density at radius 1 is 1.28 bits per heavy atom. The molecule has 0 aliphatic heterocycles. The fourth-order valence-corrected chi connectivity index (χ4v) is 1.48. The Hall–Kier alpha value is -2.21. The van der Waals surface area contributed by atoms with Gasteiger partial charge in [0.25, 0.3) is 5.69 Å². The summed E-state index contributed by atoms with van der Waals surface area (Å²) in [5.41, 5.74) is 0.859. The molecule has 0 spiro atoms. The normalized spacial score (nSPS) is 10.1. The number of nitrogens with zero attached hydrogens (tertiary/aromatic N) is 3. The molecule has 1 aromatic carbocycles. The SMILES string of the molecule is O=[N+]([O-])c1cccc(CNc2ccc(Cl)nn2)c1. The molecule has 0 fully saturated rings. The highest BCUT2D eigenvalue weighted by molar-refractivity contribution is 6.29. The maximum Gasteiger partial charge on any atom is 0.269 e. The van der Waals surface area contributed by atoms with Crippen molar-refractivity contribution in [3.63, 3.8) is 0 Å². The Balaban J connectivity index is 2.04. The lowest BCUT2D eigenvalue weighted by atomic mass is 10.2. The monoisotopic (exact) mass is 264 g/mol. The van der Waals surface area contributed by atoms with Crippen molar-refractivity contribution in [3.05, 3.63) is 57.2 Å². The summed E-state index contributed by atoms with van der Waals surface area (Å²) in [5, 5.41) is 21.4. The maximum atomic E-state index is 10.6. The fourth-order valence-electron chi connectivity index (χ4n) is 1.38. The lowest BCUT2D eigenvalue weighted by Crippen LogP contribution is -2.02. The smallest absolute Gasteiger partial charge is 0.269 e. The van der Waals surface area contributed by atoms with Crippen molar-refractivity contribution >= 4 is 23.1 Å². The second kappa shape index (κ2) is 5.42. The molecule has 1 N–H and O–H groups in total. The van der Waals surface area contributed by atoms with E-state index in [0.29, 0.717) is 17.5 Å². The molecule has 2 aromatic rings. The summed E-state index contributed by atoms with van der Waals surface area (Å²) in [7, 11) is 0. The van der Waals surface area contributed by atoms with Gasteiger partial charge in [0, 0.05) is 18.7 Å². The van der Waals surface area contributed by atoms with Gasteiger partial charge in [0.15, 0.2) is 5.15 Å². The van der Waals surface area contributed by atoms with Gasteiger partial charge in [0.1, 0.15) is 5.82 Å². The second-order valence-corrected chi connectivity index (χ2v) is 3.91. The zero-order valence-corrected chi connectivity index (χ0v) is 9.96. The zero-order chi connectivity index (χ0) is 13.0. The van der Waals surface area contributed by atoms with Crippen LogP contribution in [0.4, 0.5) is 11.5 Å². The van der Waals surface area contributed by atoms with Gasteiger partial charge in [-0.2, -0.15) is 0 Å². The molecule has 2 rings (SSSR count). The Kier molecular flexibility index (Phi) is 3.69. The molecule has 1 aromatic heterocycles. The van der Waals surface area contributed by atoms with Crippen LogP contribution in [-0.2, 0) is 6.54 Å². The predicted octanol–water partition coefficient (Wildman–Crippen LogP) is 2.65. The molecular formula is C11H9ClN4O2. The van der Waals surface area contributed by atoms with Gasteiger partial charge in [-0.25, -0.2) is 0 Å². The first-order valence-corrected chi connectivity index (χ1v) is 5.49. The van der Waals surface area contributed by atoms with Gasteiger partial charge in [0.05, 0.1) is 4.92 Å². The van der Waals surface area contributed by atoms with Gasteiger partial charge in [0.2, 0.25) is 0 Å². The maximum absolute atomic E-state index is 10.6. The predicted molar refractivity (Wildman–Crippen MR) is 67.5 cm³/mol. The van der Waals surface area contributed by atoms with Gasteiger partial charge >= 0.3 is 0 Å². The molecule has 7 heteroatoms. The molecular weight excluding hydrogens is 256 g/mol. The molecule has 92 valence electrons. The average molecular weight is 265 g/mol. The van der Waals surface area contributed by atoms with E-state index in [2.05, 4.69) is 15.5 Å². The molecule has 0 aliphatic rings. The van der Waals surface area contributed by atoms with Gasteiger partial charge < -0.3 is 5.32 Å². The van der Waals surface area contributed by atoms with Crippen molar-refractivity contribution in [2.75, 3.05) is 5.32 Å². The number of rotatable bonds is 4. The molecule has 0 unspecified atom stereocenters. The van der Waals surface area contributed by atoms with Crippen LogP contribution >= 0.6 is 11.6 Å². The number of aromatic nitrogens is 2. The van der Waals surface area contributed by atoms with Gasteiger partial charge in [-0.1, -0.05) is 23.7 Å². The van der Waals surface area contributed by atoms with Crippen LogP contribution in [0.1, 0.15) is 5.56 Å². The molecule has 0 atom stereocenters. The Morgan fingerprint density at radius 2 is 2.11 bits per heavy atom. The van der Waals surface area contributed by atoms with Crippen LogP contribution in [0.25, 0.3) is 0 Å². The van der Waals surface area contributed by atoms with E-state index in [4.69, 9.17) is 11.6 Å². The average Bonchev–Trinajstić information content (AvgIpc) is 2.38. The quantitative estimate of drug-likeness (QED) is 0.678. The molecule has 0 saturated carbocycles. The lowest BCUT2D eigenvalue weighted by Gasteiger charge is -2.04. The van der Waals surface area contributed by atoms with Crippen molar-refractivity contribution in [2.24, 2.45) is 0 Å². The molecule has 0 radical (unpaired) electrons. The molecule has 0 bridgehead atoms. The van der Waals surface area contributed by atoms with Crippen molar-refractivity contribution in [3.8, 4) is 0 Å². The molecule has 0 amide bonds. The molecule has 18 heavy (non-hydrogen) atoms. The number of hydrogen-bond donors (Lipinski definition) is 1. The topological polar surface area (TPSA) is 81.0 Å². The van der Waals surface area contributed by atoms with Crippen LogP contribution < -0.4 is 5.32 Å². The summed E-state index contributed by atoms with van der Waals surface area (Å²) in [6, 6.07) is 9.70. The Bertz CT molecular complexity index is 559. The zero-order valence-electron chi connectivity index (χ0n) is 9.21. The Labute approximate surface area is 108 Å². The van der Waals surface area contributed by atoms with E-state index >= 15 is 0 Å². The van der Waals surface area contributed by atoms with Gasteiger partial charge in [-0.3, -0.25) is 10.1 Å². The van der Waals surface area contributed by atoms with Crippen molar-refractivity contribution in [2.45, 2.75) is 6.54 Å².